The molecule has 1 atom stereocenters. The number of rotatable bonds is 4. The van der Waals surface area contributed by atoms with Crippen molar-refractivity contribution in [3.8, 4) is 0 Å². The minimum atomic E-state index is -0.455. The lowest BCUT2D eigenvalue weighted by molar-refractivity contribution is -0.385. The monoisotopic (exact) mass is 237 g/mol. The van der Waals surface area contributed by atoms with Crippen molar-refractivity contribution in [1.82, 2.24) is 0 Å². The van der Waals surface area contributed by atoms with Crippen LogP contribution < -0.4 is 11.1 Å². The van der Waals surface area contributed by atoms with Gasteiger partial charge in [0.2, 0.25) is 5.91 Å². The van der Waals surface area contributed by atoms with E-state index in [1.165, 1.54) is 12.1 Å². The topological polar surface area (TPSA) is 98.3 Å². The molecular weight excluding hydrogens is 222 g/mol. The quantitative estimate of drug-likeness (QED) is 0.611. The third-order valence-corrected chi connectivity index (χ3v) is 2.46. The van der Waals surface area contributed by atoms with Gasteiger partial charge >= 0.3 is 0 Å². The molecule has 1 aromatic rings. The Kier molecular flexibility index (Phi) is 4.17. The lowest BCUT2D eigenvalue weighted by Gasteiger charge is -2.10. The van der Waals surface area contributed by atoms with Crippen molar-refractivity contribution < 1.29 is 9.72 Å². The van der Waals surface area contributed by atoms with Crippen LogP contribution in [0.3, 0.4) is 0 Å². The normalized spacial score (nSPS) is 11.9. The number of nitro groups is 1. The van der Waals surface area contributed by atoms with Crippen LogP contribution >= 0.6 is 0 Å². The molecule has 17 heavy (non-hydrogen) atoms. The average molecular weight is 237 g/mol. The zero-order chi connectivity index (χ0) is 13.0. The molecule has 6 nitrogen and oxygen atoms in total. The summed E-state index contributed by atoms with van der Waals surface area (Å²) in [5.74, 6) is -0.480. The minimum absolute atomic E-state index is 0.0369. The summed E-state index contributed by atoms with van der Waals surface area (Å²) < 4.78 is 0. The number of anilines is 1. The van der Waals surface area contributed by atoms with Gasteiger partial charge in [-0.15, -0.1) is 0 Å². The van der Waals surface area contributed by atoms with E-state index < -0.39 is 4.92 Å². The summed E-state index contributed by atoms with van der Waals surface area (Å²) in [5.41, 5.74) is 6.45. The smallest absolute Gasteiger partial charge is 0.272 e. The molecule has 1 amide bonds. The molecule has 1 aromatic carbocycles. The van der Waals surface area contributed by atoms with Crippen molar-refractivity contribution in [2.24, 2.45) is 11.7 Å². The SMILES string of the molecule is Cc1cc(NC(=O)C(C)CN)ccc1[N+](=O)[O-]. The van der Waals surface area contributed by atoms with E-state index in [0.29, 0.717) is 11.3 Å². The van der Waals surface area contributed by atoms with Gasteiger partial charge in [0, 0.05) is 29.8 Å². The van der Waals surface area contributed by atoms with Gasteiger partial charge in [0.05, 0.1) is 4.92 Å². The zero-order valence-electron chi connectivity index (χ0n) is 9.77. The van der Waals surface area contributed by atoms with Crippen molar-refractivity contribution in [3.63, 3.8) is 0 Å². The zero-order valence-corrected chi connectivity index (χ0v) is 9.77. The van der Waals surface area contributed by atoms with Crippen LogP contribution in [0.4, 0.5) is 11.4 Å². The van der Waals surface area contributed by atoms with Crippen LogP contribution in [-0.2, 0) is 4.79 Å². The second-order valence-electron chi connectivity index (χ2n) is 3.88. The molecule has 1 unspecified atom stereocenters. The van der Waals surface area contributed by atoms with Gasteiger partial charge in [0.1, 0.15) is 0 Å². The van der Waals surface area contributed by atoms with E-state index in [1.54, 1.807) is 19.9 Å². The number of carbonyl (C=O) groups excluding carboxylic acids is 1. The first-order valence-corrected chi connectivity index (χ1v) is 5.21. The average Bonchev–Trinajstić information content (AvgIpc) is 2.27. The standard InChI is InChI=1S/C11H15N3O3/c1-7-5-9(3-4-10(7)14(16)17)13-11(15)8(2)6-12/h3-5,8H,6,12H2,1-2H3,(H,13,15). The van der Waals surface area contributed by atoms with Crippen LogP contribution in [-0.4, -0.2) is 17.4 Å². The summed E-state index contributed by atoms with van der Waals surface area (Å²) in [6.07, 6.45) is 0. The highest BCUT2D eigenvalue weighted by Gasteiger charge is 2.14. The summed E-state index contributed by atoms with van der Waals surface area (Å²) in [4.78, 5) is 21.7. The molecule has 0 saturated carbocycles. The highest BCUT2D eigenvalue weighted by Crippen LogP contribution is 2.21. The summed E-state index contributed by atoms with van der Waals surface area (Å²) in [5, 5.41) is 13.3. The molecule has 3 N–H and O–H groups in total. The fourth-order valence-corrected chi connectivity index (χ4v) is 1.31. The van der Waals surface area contributed by atoms with Gasteiger partial charge in [-0.25, -0.2) is 0 Å². The van der Waals surface area contributed by atoms with Gasteiger partial charge in [-0.1, -0.05) is 6.92 Å². The van der Waals surface area contributed by atoms with E-state index in [4.69, 9.17) is 5.73 Å². The predicted octanol–water partition coefficient (Wildman–Crippen LogP) is 1.44. The predicted molar refractivity (Wildman–Crippen MR) is 64.7 cm³/mol. The molecule has 92 valence electrons. The molecule has 0 bridgehead atoms. The van der Waals surface area contributed by atoms with Gasteiger partial charge in [0.15, 0.2) is 0 Å². The van der Waals surface area contributed by atoms with Crippen molar-refractivity contribution in [2.45, 2.75) is 13.8 Å². The van der Waals surface area contributed by atoms with E-state index >= 15 is 0 Å². The van der Waals surface area contributed by atoms with Crippen LogP contribution in [0.25, 0.3) is 0 Å². The number of hydrogen-bond acceptors (Lipinski definition) is 4. The Labute approximate surface area is 99.0 Å². The molecule has 6 heteroatoms. The molecule has 1 rings (SSSR count). The number of nitrogens with two attached hydrogens (primary N) is 1. The van der Waals surface area contributed by atoms with E-state index in [2.05, 4.69) is 5.32 Å². The molecule has 0 saturated heterocycles. The first kappa shape index (κ1) is 13.1. The molecule has 0 fully saturated rings. The van der Waals surface area contributed by atoms with Crippen molar-refractivity contribution in [1.29, 1.82) is 0 Å². The number of amides is 1. The minimum Gasteiger partial charge on any atom is -0.330 e. The van der Waals surface area contributed by atoms with Crippen molar-refractivity contribution in [3.05, 3.63) is 33.9 Å². The number of carbonyl (C=O) groups is 1. The number of nitrogens with one attached hydrogen (secondary N) is 1. The van der Waals surface area contributed by atoms with Crippen LogP contribution in [0.5, 0.6) is 0 Å². The largest absolute Gasteiger partial charge is 0.330 e. The second kappa shape index (κ2) is 5.40. The first-order chi connectivity index (χ1) is 7.95. The van der Waals surface area contributed by atoms with E-state index in [0.717, 1.165) is 0 Å². The van der Waals surface area contributed by atoms with Crippen LogP contribution in [0.15, 0.2) is 18.2 Å². The molecule has 0 spiro atoms. The Morgan fingerprint density at radius 3 is 2.71 bits per heavy atom. The maximum absolute atomic E-state index is 11.5. The summed E-state index contributed by atoms with van der Waals surface area (Å²) in [7, 11) is 0. The van der Waals surface area contributed by atoms with Crippen LogP contribution in [0.2, 0.25) is 0 Å². The summed E-state index contributed by atoms with van der Waals surface area (Å²) in [6.45, 7) is 3.60. The molecule has 0 radical (unpaired) electrons. The highest BCUT2D eigenvalue weighted by atomic mass is 16.6. The highest BCUT2D eigenvalue weighted by molar-refractivity contribution is 5.92. The maximum atomic E-state index is 11.5. The second-order valence-corrected chi connectivity index (χ2v) is 3.88. The molecule has 0 aliphatic rings. The first-order valence-electron chi connectivity index (χ1n) is 5.21. The van der Waals surface area contributed by atoms with E-state index in [1.807, 2.05) is 0 Å². The number of benzene rings is 1. The Morgan fingerprint density at radius 2 is 2.24 bits per heavy atom. The van der Waals surface area contributed by atoms with Gasteiger partial charge in [0.25, 0.3) is 5.69 Å². The Balaban J connectivity index is 2.84. The third-order valence-electron chi connectivity index (χ3n) is 2.46. The van der Waals surface area contributed by atoms with Gasteiger partial charge in [-0.3, -0.25) is 14.9 Å². The maximum Gasteiger partial charge on any atom is 0.272 e. The molecular formula is C11H15N3O3. The van der Waals surface area contributed by atoms with Crippen molar-refractivity contribution >= 4 is 17.3 Å². The molecule has 0 aliphatic carbocycles. The van der Waals surface area contributed by atoms with Crippen LogP contribution in [0, 0.1) is 23.0 Å². The van der Waals surface area contributed by atoms with E-state index in [9.17, 15) is 14.9 Å². The lowest BCUT2D eigenvalue weighted by Crippen LogP contribution is -2.26. The molecule has 0 aliphatic heterocycles. The van der Waals surface area contributed by atoms with Gasteiger partial charge < -0.3 is 11.1 Å². The van der Waals surface area contributed by atoms with Crippen LogP contribution in [0.1, 0.15) is 12.5 Å². The van der Waals surface area contributed by atoms with Gasteiger partial charge in [-0.05, 0) is 19.1 Å². The fourth-order valence-electron chi connectivity index (χ4n) is 1.31. The fraction of sp³-hybridized carbons (Fsp3) is 0.364. The Morgan fingerprint density at radius 1 is 1.59 bits per heavy atom. The molecule has 0 aromatic heterocycles. The Hall–Kier alpha value is -1.95. The number of aryl methyl sites for hydroxylation is 1. The number of hydrogen-bond donors (Lipinski definition) is 2. The van der Waals surface area contributed by atoms with Crippen molar-refractivity contribution in [2.75, 3.05) is 11.9 Å². The molecule has 0 heterocycles. The number of nitrogens with zero attached hydrogens (tertiary/aromatic N) is 1. The summed E-state index contributed by atoms with van der Waals surface area (Å²) in [6, 6.07) is 4.45. The number of nitro benzene ring substituents is 1. The Bertz CT molecular complexity index is 446. The third kappa shape index (κ3) is 3.25. The lowest BCUT2D eigenvalue weighted by atomic mass is 10.1. The van der Waals surface area contributed by atoms with Gasteiger partial charge in [-0.2, -0.15) is 0 Å². The summed E-state index contributed by atoms with van der Waals surface area (Å²) >= 11 is 0. The van der Waals surface area contributed by atoms with E-state index in [-0.39, 0.29) is 24.1 Å².